The monoisotopic (exact) mass is 869 g/mol. The zero-order valence-corrected chi connectivity index (χ0v) is 37.1. The number of esters is 2. The van der Waals surface area contributed by atoms with Gasteiger partial charge in [0.25, 0.3) is 0 Å². The fourth-order valence-electron chi connectivity index (χ4n) is 6.24. The number of aliphatic hydroxyl groups excluding tert-OH is 5. The first kappa shape index (κ1) is 55.3. The number of carbonyl (C=O) groups excluding carboxylic acids is 2. The van der Waals surface area contributed by atoms with Crippen molar-refractivity contribution >= 4 is 19.8 Å². The highest BCUT2D eigenvalue weighted by Gasteiger charge is 2.51. The number of hydrogen-bond donors (Lipinski definition) is 6. The van der Waals surface area contributed by atoms with E-state index in [4.69, 9.17) is 18.5 Å². The molecule has 0 aliphatic heterocycles. The van der Waals surface area contributed by atoms with Gasteiger partial charge in [0, 0.05) is 6.42 Å². The average molecular weight is 869 g/mol. The number of ether oxygens (including phenoxy) is 2. The highest BCUT2D eigenvalue weighted by molar-refractivity contribution is 7.47. The maximum Gasteiger partial charge on any atom is 0.472 e. The van der Waals surface area contributed by atoms with Gasteiger partial charge in [-0.1, -0.05) is 145 Å². The Balaban J connectivity index is 2.55. The number of aliphatic hydroxyl groups is 5. The Hall–Kier alpha value is -2.71. The maximum atomic E-state index is 12.8. The summed E-state index contributed by atoms with van der Waals surface area (Å²) in [6, 6.07) is 0. The number of phosphoric ester groups is 1. The molecular formula is C46H77O13P. The van der Waals surface area contributed by atoms with E-state index in [0.717, 1.165) is 64.2 Å². The van der Waals surface area contributed by atoms with Crippen molar-refractivity contribution in [1.82, 2.24) is 0 Å². The molecule has 0 amide bonds. The molecule has 0 bridgehead atoms. The van der Waals surface area contributed by atoms with Crippen LogP contribution >= 0.6 is 7.82 Å². The maximum absolute atomic E-state index is 12.8. The molecular weight excluding hydrogens is 791 g/mol. The summed E-state index contributed by atoms with van der Waals surface area (Å²) < 4.78 is 33.3. The molecule has 6 unspecified atom stereocenters. The third-order valence-corrected chi connectivity index (χ3v) is 10.8. The van der Waals surface area contributed by atoms with Crippen LogP contribution in [0.5, 0.6) is 0 Å². The normalized spacial score (nSPS) is 22.9. The summed E-state index contributed by atoms with van der Waals surface area (Å²) in [7, 11) is -5.15. The molecule has 1 fully saturated rings. The van der Waals surface area contributed by atoms with Crippen LogP contribution in [0.15, 0.2) is 72.9 Å². The fourth-order valence-corrected chi connectivity index (χ4v) is 7.21. The van der Waals surface area contributed by atoms with E-state index in [-0.39, 0.29) is 12.8 Å². The SMILES string of the molecule is CC/C=C\C/C=C\C/C=C\C/C=C\C/C=C\CC(=O)OC(COC(=O)CCCCCCC/C=C\CCCCCCCCC)COP(=O)(O)OC1C(O)C(O)C(O)C(O)C1O. The Bertz CT molecular complexity index is 1330. The number of carbonyl (C=O) groups is 2. The third-order valence-electron chi connectivity index (χ3n) is 9.81. The van der Waals surface area contributed by atoms with Gasteiger partial charge in [0.05, 0.1) is 13.0 Å². The van der Waals surface area contributed by atoms with E-state index in [1.54, 1.807) is 12.2 Å². The molecule has 0 spiro atoms. The van der Waals surface area contributed by atoms with E-state index >= 15 is 0 Å². The van der Waals surface area contributed by atoms with Crippen LogP contribution in [-0.2, 0) is 32.7 Å². The van der Waals surface area contributed by atoms with Crippen molar-refractivity contribution < 1.29 is 63.1 Å². The van der Waals surface area contributed by atoms with Crippen molar-refractivity contribution in [2.24, 2.45) is 0 Å². The molecule has 0 heterocycles. The van der Waals surface area contributed by atoms with Crippen LogP contribution < -0.4 is 0 Å². The van der Waals surface area contributed by atoms with Crippen LogP contribution in [-0.4, -0.2) is 98.3 Å². The van der Waals surface area contributed by atoms with Gasteiger partial charge < -0.3 is 39.9 Å². The van der Waals surface area contributed by atoms with Crippen LogP contribution in [0.4, 0.5) is 0 Å². The highest BCUT2D eigenvalue weighted by Crippen LogP contribution is 2.47. The van der Waals surface area contributed by atoms with Gasteiger partial charge in [-0.15, -0.1) is 0 Å². The van der Waals surface area contributed by atoms with E-state index in [0.29, 0.717) is 12.8 Å². The summed E-state index contributed by atoms with van der Waals surface area (Å²) in [6.45, 7) is 3.07. The summed E-state index contributed by atoms with van der Waals surface area (Å²) >= 11 is 0. The minimum atomic E-state index is -5.15. The Morgan fingerprint density at radius 2 is 1.00 bits per heavy atom. The van der Waals surface area contributed by atoms with Crippen LogP contribution in [0.25, 0.3) is 0 Å². The minimum absolute atomic E-state index is 0.134. The van der Waals surface area contributed by atoms with Crippen LogP contribution in [0.1, 0.15) is 149 Å². The van der Waals surface area contributed by atoms with Crippen molar-refractivity contribution in [3.05, 3.63) is 72.9 Å². The molecule has 0 aromatic heterocycles. The zero-order chi connectivity index (χ0) is 44.3. The molecule has 60 heavy (non-hydrogen) atoms. The molecule has 13 nitrogen and oxygen atoms in total. The molecule has 1 aliphatic carbocycles. The predicted octanol–water partition coefficient (Wildman–Crippen LogP) is 8.33. The summed E-state index contributed by atoms with van der Waals surface area (Å²) in [6.07, 6.45) is 31.3. The molecule has 0 aromatic carbocycles. The molecule has 344 valence electrons. The Kier molecular flexibility index (Phi) is 33.0. The second-order valence-corrected chi connectivity index (χ2v) is 16.6. The van der Waals surface area contributed by atoms with Gasteiger partial charge >= 0.3 is 19.8 Å². The van der Waals surface area contributed by atoms with Crippen LogP contribution in [0, 0.1) is 0 Å². The second kappa shape index (κ2) is 35.8. The zero-order valence-electron chi connectivity index (χ0n) is 36.2. The van der Waals surface area contributed by atoms with Crippen molar-refractivity contribution in [3.63, 3.8) is 0 Å². The largest absolute Gasteiger partial charge is 0.472 e. The van der Waals surface area contributed by atoms with E-state index in [2.05, 4.69) is 62.5 Å². The van der Waals surface area contributed by atoms with Gasteiger partial charge in [0.15, 0.2) is 6.10 Å². The molecule has 6 N–H and O–H groups in total. The number of hydrogen-bond acceptors (Lipinski definition) is 12. The highest BCUT2D eigenvalue weighted by atomic mass is 31.2. The first-order valence-electron chi connectivity index (χ1n) is 22.2. The van der Waals surface area contributed by atoms with Crippen LogP contribution in [0.2, 0.25) is 0 Å². The molecule has 0 saturated heterocycles. The summed E-state index contributed by atoms with van der Waals surface area (Å²) in [5.74, 6) is -1.26. The quantitative estimate of drug-likeness (QED) is 0.0153. The van der Waals surface area contributed by atoms with Crippen LogP contribution in [0.3, 0.4) is 0 Å². The molecule has 14 heteroatoms. The van der Waals surface area contributed by atoms with Gasteiger partial charge in [0.1, 0.15) is 43.2 Å². The predicted molar refractivity (Wildman–Crippen MR) is 235 cm³/mol. The Labute approximate surface area is 359 Å². The van der Waals surface area contributed by atoms with Crippen molar-refractivity contribution in [2.75, 3.05) is 13.2 Å². The number of allylic oxidation sites excluding steroid dienone is 11. The molecule has 1 aliphatic rings. The van der Waals surface area contributed by atoms with Gasteiger partial charge in [0.2, 0.25) is 0 Å². The van der Waals surface area contributed by atoms with Crippen molar-refractivity contribution in [1.29, 1.82) is 0 Å². The lowest BCUT2D eigenvalue weighted by atomic mass is 9.85. The molecule has 1 saturated carbocycles. The summed E-state index contributed by atoms with van der Waals surface area (Å²) in [5.41, 5.74) is 0. The van der Waals surface area contributed by atoms with E-state index < -0.39 is 75.7 Å². The van der Waals surface area contributed by atoms with Gasteiger partial charge in [-0.2, -0.15) is 0 Å². The standard InChI is InChI=1S/C46H77O13P/c1-3-5-7-9-11-13-15-17-19-21-22-24-26-28-30-32-34-39(47)56-36-38(37-57-60(54,55)59-46-44(52)42(50)41(49)43(51)45(46)53)58-40(48)35-33-31-29-27-25-23-20-18-16-14-12-10-8-6-4-2/h6,8,12,14,18-21,25,27,31,33,38,41-46,49-53H,3-5,7,9-11,13,15-17,22-24,26,28-30,32,34-37H2,1-2H3,(H,54,55)/b8-6-,14-12-,20-18-,21-19-,27-25-,33-31-. The molecule has 0 radical (unpaired) electrons. The summed E-state index contributed by atoms with van der Waals surface area (Å²) in [4.78, 5) is 35.6. The van der Waals surface area contributed by atoms with Gasteiger partial charge in [-0.05, 0) is 64.2 Å². The van der Waals surface area contributed by atoms with E-state index in [9.17, 15) is 44.6 Å². The van der Waals surface area contributed by atoms with E-state index in [1.807, 2.05) is 12.2 Å². The minimum Gasteiger partial charge on any atom is -0.462 e. The number of phosphoric acid groups is 1. The fraction of sp³-hybridized carbons (Fsp3) is 0.696. The second-order valence-electron chi connectivity index (χ2n) is 15.2. The number of unbranched alkanes of at least 4 members (excludes halogenated alkanes) is 12. The third kappa shape index (κ3) is 28.0. The first-order valence-corrected chi connectivity index (χ1v) is 23.7. The molecule has 0 aromatic rings. The van der Waals surface area contributed by atoms with Crippen molar-refractivity contribution in [2.45, 2.75) is 191 Å². The lowest BCUT2D eigenvalue weighted by molar-refractivity contribution is -0.220. The lowest BCUT2D eigenvalue weighted by Gasteiger charge is -2.41. The smallest absolute Gasteiger partial charge is 0.462 e. The Morgan fingerprint density at radius 3 is 1.52 bits per heavy atom. The van der Waals surface area contributed by atoms with Gasteiger partial charge in [-0.3, -0.25) is 18.6 Å². The molecule has 6 atom stereocenters. The summed E-state index contributed by atoms with van der Waals surface area (Å²) in [5, 5.41) is 50.1. The number of rotatable bonds is 35. The first-order chi connectivity index (χ1) is 28.9. The van der Waals surface area contributed by atoms with E-state index in [1.165, 1.54) is 44.9 Å². The van der Waals surface area contributed by atoms with Crippen molar-refractivity contribution in [3.8, 4) is 0 Å². The molecule has 1 rings (SSSR count). The lowest BCUT2D eigenvalue weighted by Crippen LogP contribution is -2.64. The topological polar surface area (TPSA) is 210 Å². The Morgan fingerprint density at radius 1 is 0.550 bits per heavy atom. The van der Waals surface area contributed by atoms with Gasteiger partial charge in [-0.25, -0.2) is 4.57 Å². The average Bonchev–Trinajstić information content (AvgIpc) is 3.23.